The van der Waals surface area contributed by atoms with Crippen LogP contribution in [-0.2, 0) is 10.0 Å². The van der Waals surface area contributed by atoms with Crippen LogP contribution in [0, 0.1) is 19.7 Å². The summed E-state index contributed by atoms with van der Waals surface area (Å²) in [5.41, 5.74) is 5.74. The van der Waals surface area contributed by atoms with Crippen molar-refractivity contribution in [2.45, 2.75) is 18.7 Å². The Morgan fingerprint density at radius 3 is 2.43 bits per heavy atom. The summed E-state index contributed by atoms with van der Waals surface area (Å²) in [6.07, 6.45) is 0. The van der Waals surface area contributed by atoms with Gasteiger partial charge >= 0.3 is 0 Å². The van der Waals surface area contributed by atoms with Crippen LogP contribution in [0.4, 0.5) is 10.1 Å². The zero-order chi connectivity index (χ0) is 17.4. The molecule has 1 amide bonds. The number of sulfonamides is 1. The third-order valence-corrected chi connectivity index (χ3v) is 5.10. The van der Waals surface area contributed by atoms with E-state index in [4.69, 9.17) is 17.3 Å². The number of hydrogen-bond donors (Lipinski definition) is 2. The monoisotopic (exact) mass is 356 g/mol. The number of halogens is 2. The van der Waals surface area contributed by atoms with E-state index in [9.17, 15) is 17.6 Å². The molecule has 23 heavy (non-hydrogen) atoms. The minimum atomic E-state index is -4.04. The van der Waals surface area contributed by atoms with Gasteiger partial charge in [0, 0.05) is 11.1 Å². The molecule has 2 aromatic rings. The number of carbonyl (C=O) groups is 1. The van der Waals surface area contributed by atoms with Crippen LogP contribution in [0.25, 0.3) is 0 Å². The Labute approximate surface area is 138 Å². The molecule has 0 aliphatic heterocycles. The molecule has 0 bridgehead atoms. The lowest BCUT2D eigenvalue weighted by Gasteiger charge is -2.13. The standard InChI is InChI=1S/C15H14ClFN2O3S/c1-8-3-4-14(11(16)5-8)23(21,22)19-13-7-10(15(18)20)6-12(17)9(13)2/h3-7,19H,1-2H3,(H2,18,20). The zero-order valence-corrected chi connectivity index (χ0v) is 13.9. The van der Waals surface area contributed by atoms with Crippen LogP contribution >= 0.6 is 11.6 Å². The molecule has 0 heterocycles. The fourth-order valence-electron chi connectivity index (χ4n) is 1.95. The topological polar surface area (TPSA) is 89.3 Å². The number of anilines is 1. The number of hydrogen-bond acceptors (Lipinski definition) is 3. The third kappa shape index (κ3) is 3.62. The van der Waals surface area contributed by atoms with Crippen LogP contribution in [-0.4, -0.2) is 14.3 Å². The summed E-state index contributed by atoms with van der Waals surface area (Å²) in [7, 11) is -4.04. The highest BCUT2D eigenvalue weighted by Gasteiger charge is 2.20. The Morgan fingerprint density at radius 2 is 1.87 bits per heavy atom. The van der Waals surface area contributed by atoms with E-state index in [0.29, 0.717) is 0 Å². The highest BCUT2D eigenvalue weighted by Crippen LogP contribution is 2.27. The molecule has 0 saturated heterocycles. The van der Waals surface area contributed by atoms with E-state index in [1.54, 1.807) is 13.0 Å². The minimum absolute atomic E-state index is 0.0432. The Morgan fingerprint density at radius 1 is 1.22 bits per heavy atom. The molecule has 0 radical (unpaired) electrons. The normalized spacial score (nSPS) is 11.3. The van der Waals surface area contributed by atoms with Crippen LogP contribution in [0.3, 0.4) is 0 Å². The molecule has 0 spiro atoms. The molecule has 0 aliphatic rings. The van der Waals surface area contributed by atoms with Crippen LogP contribution in [0.1, 0.15) is 21.5 Å². The molecule has 0 saturated carbocycles. The second-order valence-corrected chi connectivity index (χ2v) is 7.09. The number of benzene rings is 2. The predicted octanol–water partition coefficient (Wildman–Crippen LogP) is 3.00. The molecule has 0 aromatic heterocycles. The number of aryl methyl sites for hydroxylation is 1. The number of nitrogens with one attached hydrogen (secondary N) is 1. The van der Waals surface area contributed by atoms with E-state index >= 15 is 0 Å². The summed E-state index contributed by atoms with van der Waals surface area (Å²) in [6, 6.07) is 6.58. The van der Waals surface area contributed by atoms with E-state index < -0.39 is 21.7 Å². The summed E-state index contributed by atoms with van der Waals surface area (Å²) in [5, 5.41) is 0.0432. The first-order valence-corrected chi connectivity index (χ1v) is 8.37. The molecule has 0 aliphatic carbocycles. The van der Waals surface area contributed by atoms with Gasteiger partial charge in [0.25, 0.3) is 10.0 Å². The Hall–Kier alpha value is -2.12. The van der Waals surface area contributed by atoms with Gasteiger partial charge in [-0.3, -0.25) is 9.52 Å². The number of primary amides is 1. The van der Waals surface area contributed by atoms with Crippen LogP contribution in [0.2, 0.25) is 5.02 Å². The van der Waals surface area contributed by atoms with Gasteiger partial charge in [-0.2, -0.15) is 0 Å². The van der Waals surface area contributed by atoms with Gasteiger partial charge in [0.1, 0.15) is 10.7 Å². The van der Waals surface area contributed by atoms with Gasteiger partial charge in [0.15, 0.2) is 0 Å². The summed E-state index contributed by atoms with van der Waals surface area (Å²) < 4.78 is 41.0. The van der Waals surface area contributed by atoms with Gasteiger partial charge in [0.05, 0.1) is 10.7 Å². The van der Waals surface area contributed by atoms with Gasteiger partial charge in [-0.25, -0.2) is 12.8 Å². The van der Waals surface area contributed by atoms with Crippen molar-refractivity contribution in [3.05, 3.63) is 57.9 Å². The summed E-state index contributed by atoms with van der Waals surface area (Å²) >= 11 is 5.97. The Bertz CT molecular complexity index is 898. The zero-order valence-electron chi connectivity index (χ0n) is 12.4. The van der Waals surface area contributed by atoms with E-state index in [0.717, 1.165) is 11.6 Å². The number of carbonyl (C=O) groups excluding carboxylic acids is 1. The maximum absolute atomic E-state index is 13.8. The lowest BCUT2D eigenvalue weighted by molar-refractivity contribution is 0.1000. The van der Waals surface area contributed by atoms with Gasteiger partial charge in [-0.15, -0.1) is 0 Å². The van der Waals surface area contributed by atoms with Crippen LogP contribution in [0.5, 0.6) is 0 Å². The minimum Gasteiger partial charge on any atom is -0.366 e. The maximum Gasteiger partial charge on any atom is 0.263 e. The molecule has 0 fully saturated rings. The highest BCUT2D eigenvalue weighted by atomic mass is 35.5. The molecular formula is C15H14ClFN2O3S. The van der Waals surface area contributed by atoms with Crippen molar-refractivity contribution < 1.29 is 17.6 Å². The molecule has 0 atom stereocenters. The van der Waals surface area contributed by atoms with Crippen molar-refractivity contribution in [1.82, 2.24) is 0 Å². The molecule has 5 nitrogen and oxygen atoms in total. The lowest BCUT2D eigenvalue weighted by atomic mass is 10.1. The van der Waals surface area contributed by atoms with Crippen molar-refractivity contribution in [3.63, 3.8) is 0 Å². The number of amides is 1. The first kappa shape index (κ1) is 17.2. The van der Waals surface area contributed by atoms with Crippen molar-refractivity contribution in [2.24, 2.45) is 5.73 Å². The van der Waals surface area contributed by atoms with Gasteiger partial charge in [-0.05, 0) is 43.7 Å². The highest BCUT2D eigenvalue weighted by molar-refractivity contribution is 7.92. The van der Waals surface area contributed by atoms with Crippen LogP contribution < -0.4 is 10.5 Å². The van der Waals surface area contributed by atoms with E-state index in [2.05, 4.69) is 4.72 Å². The third-order valence-electron chi connectivity index (χ3n) is 3.25. The maximum atomic E-state index is 13.8. The van der Waals surface area contributed by atoms with Gasteiger partial charge in [0.2, 0.25) is 5.91 Å². The molecule has 8 heteroatoms. The summed E-state index contributed by atoms with van der Waals surface area (Å²) in [4.78, 5) is 11.1. The molecular weight excluding hydrogens is 343 g/mol. The first-order chi connectivity index (χ1) is 10.6. The number of rotatable bonds is 4. The average Bonchev–Trinajstić information content (AvgIpc) is 2.42. The summed E-state index contributed by atoms with van der Waals surface area (Å²) in [5.74, 6) is -1.60. The first-order valence-electron chi connectivity index (χ1n) is 6.51. The van der Waals surface area contributed by atoms with E-state index in [-0.39, 0.29) is 26.7 Å². The molecule has 0 unspecified atom stereocenters. The van der Waals surface area contributed by atoms with Crippen molar-refractivity contribution in [1.29, 1.82) is 0 Å². The van der Waals surface area contributed by atoms with Gasteiger partial charge < -0.3 is 5.73 Å². The summed E-state index contributed by atoms with van der Waals surface area (Å²) in [6.45, 7) is 3.15. The average molecular weight is 357 g/mol. The Kier molecular flexibility index (Phi) is 4.63. The molecule has 2 aromatic carbocycles. The number of nitrogens with two attached hydrogens (primary N) is 1. The van der Waals surface area contributed by atoms with Crippen LogP contribution in [0.15, 0.2) is 35.2 Å². The SMILES string of the molecule is Cc1ccc(S(=O)(=O)Nc2cc(C(N)=O)cc(F)c2C)c(Cl)c1. The second-order valence-electron chi connectivity index (χ2n) is 5.03. The molecule has 2 rings (SSSR count). The van der Waals surface area contributed by atoms with E-state index in [1.165, 1.54) is 25.1 Å². The largest absolute Gasteiger partial charge is 0.366 e. The fraction of sp³-hybridized carbons (Fsp3) is 0.133. The predicted molar refractivity (Wildman–Crippen MR) is 86.7 cm³/mol. The lowest BCUT2D eigenvalue weighted by Crippen LogP contribution is -2.17. The quantitative estimate of drug-likeness (QED) is 0.882. The molecule has 3 N–H and O–H groups in total. The smallest absolute Gasteiger partial charge is 0.263 e. The van der Waals surface area contributed by atoms with Gasteiger partial charge in [-0.1, -0.05) is 17.7 Å². The van der Waals surface area contributed by atoms with Crippen molar-refractivity contribution >= 4 is 33.2 Å². The van der Waals surface area contributed by atoms with Crippen molar-refractivity contribution in [2.75, 3.05) is 4.72 Å². The van der Waals surface area contributed by atoms with Crippen molar-refractivity contribution in [3.8, 4) is 0 Å². The Balaban J connectivity index is 2.51. The second kappa shape index (κ2) is 6.17. The molecule has 122 valence electrons. The fourth-order valence-corrected chi connectivity index (χ4v) is 3.66. The van der Waals surface area contributed by atoms with E-state index in [1.807, 2.05) is 0 Å².